The second kappa shape index (κ2) is 9.88. The Hall–Kier alpha value is -3.63. The van der Waals surface area contributed by atoms with Crippen LogP contribution < -0.4 is 9.47 Å². The van der Waals surface area contributed by atoms with Gasteiger partial charge in [0, 0.05) is 5.39 Å². The van der Waals surface area contributed by atoms with Crippen LogP contribution in [0, 0.1) is 0 Å². The van der Waals surface area contributed by atoms with Crippen LogP contribution in [-0.4, -0.2) is 18.7 Å². The van der Waals surface area contributed by atoms with E-state index < -0.39 is 6.10 Å². The van der Waals surface area contributed by atoms with Gasteiger partial charge in [0.1, 0.15) is 17.6 Å². The van der Waals surface area contributed by atoms with Crippen LogP contribution in [0.3, 0.4) is 0 Å². The maximum atomic E-state index is 12.8. The maximum Gasteiger partial charge on any atom is 0.343 e. The number of unbranched alkanes of at least 4 members (excludes halogenated alkanes) is 1. The van der Waals surface area contributed by atoms with E-state index in [-0.39, 0.29) is 12.1 Å². The molecule has 4 aromatic rings. The molecule has 1 aliphatic rings. The Labute approximate surface area is 193 Å². The van der Waals surface area contributed by atoms with Gasteiger partial charge in [-0.15, -0.1) is 0 Å². The van der Waals surface area contributed by atoms with E-state index in [4.69, 9.17) is 14.2 Å². The number of esters is 1. The van der Waals surface area contributed by atoms with Gasteiger partial charge in [0.25, 0.3) is 0 Å². The van der Waals surface area contributed by atoms with Gasteiger partial charge < -0.3 is 14.2 Å². The minimum atomic E-state index is -0.563. The van der Waals surface area contributed by atoms with Crippen molar-refractivity contribution in [2.45, 2.75) is 31.5 Å². The Morgan fingerprint density at radius 1 is 0.788 bits per heavy atom. The molecule has 4 nitrogen and oxygen atoms in total. The first-order valence-corrected chi connectivity index (χ1v) is 11.4. The lowest BCUT2D eigenvalue weighted by Crippen LogP contribution is -2.16. The maximum absolute atomic E-state index is 12.8. The third-order valence-corrected chi connectivity index (χ3v) is 5.90. The molecular weight excluding hydrogens is 412 g/mol. The molecule has 2 atom stereocenters. The molecule has 0 N–H and O–H groups in total. The van der Waals surface area contributed by atoms with Gasteiger partial charge in [0.15, 0.2) is 6.10 Å². The van der Waals surface area contributed by atoms with E-state index in [1.54, 1.807) is 0 Å². The molecule has 166 valence electrons. The molecule has 0 radical (unpaired) electrons. The molecule has 0 bridgehead atoms. The Bertz CT molecular complexity index is 1230. The van der Waals surface area contributed by atoms with Crippen molar-refractivity contribution in [2.24, 2.45) is 0 Å². The molecule has 1 aliphatic heterocycles. The fourth-order valence-corrected chi connectivity index (χ4v) is 4.14. The quantitative estimate of drug-likeness (QED) is 0.133. The van der Waals surface area contributed by atoms with Gasteiger partial charge in [-0.05, 0) is 54.0 Å². The summed E-state index contributed by atoms with van der Waals surface area (Å²) < 4.78 is 17.3. The number of para-hydroxylation sites is 1. The molecule has 0 amide bonds. The van der Waals surface area contributed by atoms with Crippen molar-refractivity contribution < 1.29 is 19.0 Å². The average molecular weight is 439 g/mol. The largest absolute Gasteiger partial charge is 0.494 e. The van der Waals surface area contributed by atoms with Crippen molar-refractivity contribution in [3.63, 3.8) is 0 Å². The molecule has 4 aromatic carbocycles. The van der Waals surface area contributed by atoms with E-state index in [1.807, 2.05) is 91.0 Å². The number of rotatable bonds is 9. The first-order chi connectivity index (χ1) is 16.3. The second-order valence-corrected chi connectivity index (χ2v) is 8.19. The summed E-state index contributed by atoms with van der Waals surface area (Å²) in [5.41, 5.74) is 2.28. The smallest absolute Gasteiger partial charge is 0.343 e. The van der Waals surface area contributed by atoms with Crippen LogP contribution in [0.1, 0.15) is 30.1 Å². The van der Waals surface area contributed by atoms with Crippen LogP contribution in [0.4, 0.5) is 0 Å². The molecule has 0 saturated carbocycles. The number of benzene rings is 4. The molecule has 2 unspecified atom stereocenters. The number of fused-ring (bicyclic) bond motifs is 1. The number of carbonyl (C=O) groups excluding carboxylic acids is 1. The van der Waals surface area contributed by atoms with Crippen molar-refractivity contribution in [1.82, 2.24) is 0 Å². The zero-order chi connectivity index (χ0) is 22.5. The van der Waals surface area contributed by atoms with E-state index in [1.165, 1.54) is 5.56 Å². The summed E-state index contributed by atoms with van der Waals surface area (Å²) in [7, 11) is 0. The van der Waals surface area contributed by atoms with Gasteiger partial charge in [-0.1, -0.05) is 78.9 Å². The molecule has 0 aliphatic carbocycles. The zero-order valence-electron chi connectivity index (χ0n) is 18.4. The van der Waals surface area contributed by atoms with Gasteiger partial charge >= 0.3 is 5.97 Å². The number of carbonyl (C=O) groups is 1. The minimum Gasteiger partial charge on any atom is -0.494 e. The Balaban J connectivity index is 1.17. The van der Waals surface area contributed by atoms with Crippen LogP contribution in [0.2, 0.25) is 0 Å². The molecule has 4 heteroatoms. The molecule has 1 fully saturated rings. The van der Waals surface area contributed by atoms with Gasteiger partial charge in [-0.2, -0.15) is 0 Å². The van der Waals surface area contributed by atoms with E-state index in [9.17, 15) is 4.79 Å². The number of aryl methyl sites for hydroxylation is 1. The van der Waals surface area contributed by atoms with Crippen molar-refractivity contribution in [2.75, 3.05) is 6.61 Å². The molecule has 0 aromatic heterocycles. The molecule has 1 heterocycles. The van der Waals surface area contributed by atoms with Gasteiger partial charge in [0.05, 0.1) is 6.61 Å². The molecule has 0 spiro atoms. The number of hydrogen-bond acceptors (Lipinski definition) is 4. The lowest BCUT2D eigenvalue weighted by atomic mass is 9.98. The Kier molecular flexibility index (Phi) is 6.36. The minimum absolute atomic E-state index is 0.246. The van der Waals surface area contributed by atoms with Crippen LogP contribution in [-0.2, 0) is 16.0 Å². The topological polar surface area (TPSA) is 48.1 Å². The normalized spacial score (nSPS) is 17.0. The summed E-state index contributed by atoms with van der Waals surface area (Å²) in [4.78, 5) is 12.8. The third kappa shape index (κ3) is 5.07. The highest BCUT2D eigenvalue weighted by atomic mass is 16.6. The molecular formula is C29H26O4. The van der Waals surface area contributed by atoms with E-state index in [0.717, 1.165) is 41.3 Å². The molecule has 5 rings (SSSR count). The molecule has 1 saturated heterocycles. The van der Waals surface area contributed by atoms with Crippen molar-refractivity contribution in [3.05, 3.63) is 108 Å². The van der Waals surface area contributed by atoms with E-state index in [2.05, 4.69) is 6.07 Å². The molecule has 33 heavy (non-hydrogen) atoms. The van der Waals surface area contributed by atoms with Crippen LogP contribution in [0.25, 0.3) is 10.8 Å². The van der Waals surface area contributed by atoms with E-state index in [0.29, 0.717) is 12.4 Å². The highest BCUT2D eigenvalue weighted by Gasteiger charge is 2.48. The third-order valence-electron chi connectivity index (χ3n) is 5.90. The lowest BCUT2D eigenvalue weighted by molar-refractivity contribution is -0.135. The van der Waals surface area contributed by atoms with Gasteiger partial charge in [0.2, 0.25) is 0 Å². The summed E-state index contributed by atoms with van der Waals surface area (Å²) in [6.45, 7) is 0.687. The predicted octanol–water partition coefficient (Wildman–Crippen LogP) is 6.29. The van der Waals surface area contributed by atoms with Crippen molar-refractivity contribution in [3.8, 4) is 11.5 Å². The van der Waals surface area contributed by atoms with Crippen LogP contribution in [0.15, 0.2) is 97.1 Å². The van der Waals surface area contributed by atoms with Gasteiger partial charge in [-0.25, -0.2) is 4.79 Å². The summed E-state index contributed by atoms with van der Waals surface area (Å²) in [5.74, 6) is 1.12. The highest BCUT2D eigenvalue weighted by molar-refractivity contribution is 5.91. The summed E-state index contributed by atoms with van der Waals surface area (Å²) in [6, 6.07) is 31.7. The first kappa shape index (κ1) is 21.2. The van der Waals surface area contributed by atoms with Crippen LogP contribution >= 0.6 is 0 Å². The first-order valence-electron chi connectivity index (χ1n) is 11.4. The Morgan fingerprint density at radius 3 is 2.45 bits per heavy atom. The number of ether oxygens (including phenoxy) is 3. The standard InChI is InChI=1S/C29H26O4/c30-29(32-26-19-10-14-21-11-4-6-17-24(21)26)28-27(33-28)25-18-7-5-12-22(25)13-8-9-20-31-23-15-2-1-3-16-23/h1-7,10-12,14-19,27-28H,8-9,13,20H2. The van der Waals surface area contributed by atoms with Crippen molar-refractivity contribution in [1.29, 1.82) is 0 Å². The summed E-state index contributed by atoms with van der Waals surface area (Å²) >= 11 is 0. The fraction of sp³-hybridized carbons (Fsp3) is 0.207. The monoisotopic (exact) mass is 438 g/mol. The van der Waals surface area contributed by atoms with Gasteiger partial charge in [-0.3, -0.25) is 0 Å². The van der Waals surface area contributed by atoms with Crippen LogP contribution in [0.5, 0.6) is 11.5 Å². The fourth-order valence-electron chi connectivity index (χ4n) is 4.14. The highest BCUT2D eigenvalue weighted by Crippen LogP contribution is 2.42. The zero-order valence-corrected chi connectivity index (χ0v) is 18.4. The predicted molar refractivity (Wildman–Crippen MR) is 129 cm³/mol. The summed E-state index contributed by atoms with van der Waals surface area (Å²) in [5, 5.41) is 1.96. The lowest BCUT2D eigenvalue weighted by Gasteiger charge is -2.09. The summed E-state index contributed by atoms with van der Waals surface area (Å²) in [6.07, 6.45) is 2.07. The average Bonchev–Trinajstić information content (AvgIpc) is 3.66. The second-order valence-electron chi connectivity index (χ2n) is 8.19. The number of epoxide rings is 1. The van der Waals surface area contributed by atoms with Crippen molar-refractivity contribution >= 4 is 16.7 Å². The SMILES string of the molecule is O=C(Oc1cccc2ccccc12)C1OC1c1ccccc1CCCCOc1ccccc1. The number of hydrogen-bond donors (Lipinski definition) is 0. The van der Waals surface area contributed by atoms with E-state index >= 15 is 0 Å². The Morgan fingerprint density at radius 2 is 1.55 bits per heavy atom.